The van der Waals surface area contributed by atoms with E-state index in [0.29, 0.717) is 29.1 Å². The molecule has 0 spiro atoms. The fourth-order valence-corrected chi connectivity index (χ4v) is 3.79. The Hall–Kier alpha value is -2.77. The number of aromatic nitrogens is 1. The van der Waals surface area contributed by atoms with Crippen LogP contribution in [0.3, 0.4) is 0 Å². The van der Waals surface area contributed by atoms with Crippen LogP contribution in [0, 0.1) is 6.92 Å². The molecule has 1 aliphatic heterocycles. The fourth-order valence-electron chi connectivity index (χ4n) is 3.79. The summed E-state index contributed by atoms with van der Waals surface area (Å²) >= 11 is 0. The summed E-state index contributed by atoms with van der Waals surface area (Å²) in [6.45, 7) is 3.90. The van der Waals surface area contributed by atoms with Crippen molar-refractivity contribution >= 4 is 22.4 Å². The van der Waals surface area contributed by atoms with E-state index in [2.05, 4.69) is 5.32 Å². The molecule has 0 fully saturated rings. The van der Waals surface area contributed by atoms with E-state index in [-0.39, 0.29) is 18.5 Å². The van der Waals surface area contributed by atoms with Crippen molar-refractivity contribution in [2.45, 2.75) is 45.1 Å². The van der Waals surface area contributed by atoms with Gasteiger partial charge in [-0.25, -0.2) is 13.8 Å². The minimum Gasteiger partial charge on any atom is -0.389 e. The molecule has 0 bridgehead atoms. The molecule has 3 aromatic rings. The summed E-state index contributed by atoms with van der Waals surface area (Å²) < 4.78 is 29.3. The van der Waals surface area contributed by atoms with Crippen LogP contribution in [0.15, 0.2) is 48.5 Å². The first kappa shape index (κ1) is 20.5. The van der Waals surface area contributed by atoms with Gasteiger partial charge < -0.3 is 20.4 Å². The lowest BCUT2D eigenvalue weighted by Crippen LogP contribution is -2.31. The van der Waals surface area contributed by atoms with Crippen molar-refractivity contribution in [2.24, 2.45) is 0 Å². The van der Waals surface area contributed by atoms with Crippen molar-refractivity contribution in [1.29, 1.82) is 0 Å². The van der Waals surface area contributed by atoms with Crippen molar-refractivity contribution < 1.29 is 19.0 Å². The maximum Gasteiger partial charge on any atom is 0.275 e. The lowest BCUT2D eigenvalue weighted by molar-refractivity contribution is -0.00967. The number of aliphatic hydroxyl groups is 2. The lowest BCUT2D eigenvalue weighted by atomic mass is 10.0. The van der Waals surface area contributed by atoms with Gasteiger partial charge in [0.2, 0.25) is 0 Å². The van der Waals surface area contributed by atoms with Crippen LogP contribution in [0.25, 0.3) is 10.9 Å². The average Bonchev–Trinajstić information content (AvgIpc) is 2.84. The van der Waals surface area contributed by atoms with Gasteiger partial charge in [0, 0.05) is 42.2 Å². The van der Waals surface area contributed by atoms with Crippen LogP contribution in [-0.4, -0.2) is 34.1 Å². The molecule has 7 heteroatoms. The Morgan fingerprint density at radius 2 is 1.90 bits per heavy atom. The number of alkyl halides is 2. The summed E-state index contributed by atoms with van der Waals surface area (Å²) in [6, 6.07) is 14.1. The molecule has 30 heavy (non-hydrogen) atoms. The molecule has 158 valence electrons. The van der Waals surface area contributed by atoms with Crippen molar-refractivity contribution in [2.75, 3.05) is 16.8 Å². The van der Waals surface area contributed by atoms with Crippen LogP contribution in [0.1, 0.15) is 30.0 Å². The molecular weight excluding hydrogens is 388 g/mol. The first-order valence-corrected chi connectivity index (χ1v) is 10.00. The topological polar surface area (TPSA) is 68.6 Å². The number of benzene rings is 2. The van der Waals surface area contributed by atoms with Gasteiger partial charge in [-0.05, 0) is 31.5 Å². The standard InChI is InChI=1S/C23H25F2N3O2/c1-14-7-8-19-17(11-14)20(27-22(30)15(2)29)12-21(26-19)28-10-9-23(24,25)18-6-4-3-5-16(18)13-28/h3-8,11-12,15,22,29-30H,9-10,13H2,1-2H3,(H,26,27). The number of pyridine rings is 1. The molecule has 5 nitrogen and oxygen atoms in total. The third kappa shape index (κ3) is 3.95. The third-order valence-electron chi connectivity index (χ3n) is 5.50. The van der Waals surface area contributed by atoms with Gasteiger partial charge in [-0.3, -0.25) is 0 Å². The second-order valence-electron chi connectivity index (χ2n) is 7.91. The normalized spacial score (nSPS) is 17.9. The number of hydrogen-bond acceptors (Lipinski definition) is 5. The van der Waals surface area contributed by atoms with Gasteiger partial charge in [0.15, 0.2) is 0 Å². The van der Waals surface area contributed by atoms with Crippen molar-refractivity contribution in [1.82, 2.24) is 4.98 Å². The van der Waals surface area contributed by atoms with E-state index in [1.807, 2.05) is 30.0 Å². The summed E-state index contributed by atoms with van der Waals surface area (Å²) in [5.41, 5.74) is 2.94. The summed E-state index contributed by atoms with van der Waals surface area (Å²) in [7, 11) is 0. The van der Waals surface area contributed by atoms with Gasteiger partial charge in [-0.1, -0.05) is 35.9 Å². The number of nitrogens with one attached hydrogen (secondary N) is 1. The van der Waals surface area contributed by atoms with Gasteiger partial charge >= 0.3 is 0 Å². The number of aryl methyl sites for hydroxylation is 1. The van der Waals surface area contributed by atoms with E-state index >= 15 is 0 Å². The molecule has 2 heterocycles. The maximum absolute atomic E-state index is 14.7. The summed E-state index contributed by atoms with van der Waals surface area (Å²) in [4.78, 5) is 6.54. The molecule has 2 unspecified atom stereocenters. The van der Waals surface area contributed by atoms with Crippen molar-refractivity contribution in [3.05, 3.63) is 65.2 Å². The molecular formula is C23H25F2N3O2. The maximum atomic E-state index is 14.7. The van der Waals surface area contributed by atoms with Gasteiger partial charge in [-0.15, -0.1) is 0 Å². The molecule has 1 aromatic heterocycles. The molecule has 2 atom stereocenters. The number of aliphatic hydroxyl groups excluding tert-OH is 2. The highest BCUT2D eigenvalue weighted by Crippen LogP contribution is 2.39. The van der Waals surface area contributed by atoms with E-state index in [9.17, 15) is 19.0 Å². The van der Waals surface area contributed by atoms with Crippen LogP contribution in [0.5, 0.6) is 0 Å². The lowest BCUT2D eigenvalue weighted by Gasteiger charge is -2.25. The van der Waals surface area contributed by atoms with E-state index < -0.39 is 18.3 Å². The molecule has 3 N–H and O–H groups in total. The van der Waals surface area contributed by atoms with Crippen molar-refractivity contribution in [3.63, 3.8) is 0 Å². The molecule has 0 aliphatic carbocycles. The Morgan fingerprint density at radius 1 is 1.13 bits per heavy atom. The Labute approximate surface area is 174 Å². The minimum atomic E-state index is -2.90. The average molecular weight is 413 g/mol. The third-order valence-corrected chi connectivity index (χ3v) is 5.50. The second-order valence-corrected chi connectivity index (χ2v) is 7.91. The highest BCUT2D eigenvalue weighted by molar-refractivity contribution is 5.93. The van der Waals surface area contributed by atoms with Crippen molar-refractivity contribution in [3.8, 4) is 0 Å². The number of fused-ring (bicyclic) bond motifs is 2. The van der Waals surface area contributed by atoms with Gasteiger partial charge in [-0.2, -0.15) is 0 Å². The number of rotatable bonds is 4. The molecule has 2 aromatic carbocycles. The first-order valence-electron chi connectivity index (χ1n) is 10.00. The number of halogens is 2. The molecule has 1 aliphatic rings. The predicted molar refractivity (Wildman–Crippen MR) is 114 cm³/mol. The van der Waals surface area contributed by atoms with Crippen LogP contribution < -0.4 is 10.2 Å². The number of anilines is 2. The van der Waals surface area contributed by atoms with E-state index in [4.69, 9.17) is 4.98 Å². The largest absolute Gasteiger partial charge is 0.389 e. The zero-order chi connectivity index (χ0) is 21.5. The first-order chi connectivity index (χ1) is 14.2. The van der Waals surface area contributed by atoms with Crippen LogP contribution in [-0.2, 0) is 12.5 Å². The quantitative estimate of drug-likeness (QED) is 0.561. The summed E-state index contributed by atoms with van der Waals surface area (Å²) in [6.07, 6.45) is -2.46. The molecule has 0 saturated carbocycles. The predicted octanol–water partition coefficient (Wildman–Crippen LogP) is 4.16. The highest BCUT2D eigenvalue weighted by Gasteiger charge is 2.37. The monoisotopic (exact) mass is 413 g/mol. The summed E-state index contributed by atoms with van der Waals surface area (Å²) in [5, 5.41) is 23.6. The van der Waals surface area contributed by atoms with E-state index in [0.717, 1.165) is 10.9 Å². The van der Waals surface area contributed by atoms with Crippen LogP contribution in [0.2, 0.25) is 0 Å². The Kier molecular flexibility index (Phi) is 5.34. The molecule has 0 amide bonds. The Morgan fingerprint density at radius 3 is 2.67 bits per heavy atom. The summed E-state index contributed by atoms with van der Waals surface area (Å²) in [5.74, 6) is -2.36. The molecule has 0 radical (unpaired) electrons. The second kappa shape index (κ2) is 7.81. The highest BCUT2D eigenvalue weighted by atomic mass is 19.3. The van der Waals surface area contributed by atoms with E-state index in [1.54, 1.807) is 24.3 Å². The number of hydrogen-bond donors (Lipinski definition) is 3. The van der Waals surface area contributed by atoms with Crippen LogP contribution >= 0.6 is 0 Å². The minimum absolute atomic E-state index is 0.0618. The zero-order valence-electron chi connectivity index (χ0n) is 16.9. The SMILES string of the molecule is Cc1ccc2nc(N3CCC(F)(F)c4ccccc4C3)cc(NC(O)C(C)O)c2c1. The number of nitrogens with zero attached hydrogens (tertiary/aromatic N) is 2. The Bertz CT molecular complexity index is 1070. The smallest absolute Gasteiger partial charge is 0.275 e. The van der Waals surface area contributed by atoms with Crippen LogP contribution in [0.4, 0.5) is 20.3 Å². The van der Waals surface area contributed by atoms with Gasteiger partial charge in [0.05, 0.1) is 11.6 Å². The zero-order valence-corrected chi connectivity index (χ0v) is 16.9. The van der Waals surface area contributed by atoms with Gasteiger partial charge in [0.1, 0.15) is 12.0 Å². The fraction of sp³-hybridized carbons (Fsp3) is 0.348. The van der Waals surface area contributed by atoms with E-state index in [1.165, 1.54) is 13.0 Å². The Balaban J connectivity index is 1.78. The molecule has 0 saturated heterocycles. The molecule has 4 rings (SSSR count). The van der Waals surface area contributed by atoms with Gasteiger partial charge in [0.25, 0.3) is 5.92 Å².